The summed E-state index contributed by atoms with van der Waals surface area (Å²) < 4.78 is 0. The van der Waals surface area contributed by atoms with Crippen LogP contribution in [0.25, 0.3) is 0 Å². The molecular formula is C10H18N2O. The predicted octanol–water partition coefficient (Wildman–Crippen LogP) is 0.643. The van der Waals surface area contributed by atoms with Gasteiger partial charge in [0.25, 0.3) is 0 Å². The summed E-state index contributed by atoms with van der Waals surface area (Å²) in [5.41, 5.74) is 5.29. The monoisotopic (exact) mass is 182 g/mol. The Bertz CT molecular complexity index is 184. The number of nitrogens with one attached hydrogen (secondary N) is 1. The van der Waals surface area contributed by atoms with Crippen molar-refractivity contribution in [3.8, 4) is 12.3 Å². The first-order chi connectivity index (χ1) is 6.24. The lowest BCUT2D eigenvalue weighted by molar-refractivity contribution is -0.121. The van der Waals surface area contributed by atoms with Gasteiger partial charge in [0.15, 0.2) is 0 Å². The summed E-state index contributed by atoms with van der Waals surface area (Å²) in [6, 6.07) is 0.121. The van der Waals surface area contributed by atoms with Crippen LogP contribution in [0.5, 0.6) is 0 Å². The van der Waals surface area contributed by atoms with E-state index in [-0.39, 0.29) is 11.9 Å². The van der Waals surface area contributed by atoms with Gasteiger partial charge in [-0.15, -0.1) is 12.3 Å². The molecule has 0 rings (SSSR count). The van der Waals surface area contributed by atoms with Gasteiger partial charge in [0.2, 0.25) is 5.91 Å². The molecule has 1 amide bonds. The number of terminal acetylenes is 1. The van der Waals surface area contributed by atoms with Crippen LogP contribution in [0.2, 0.25) is 0 Å². The van der Waals surface area contributed by atoms with Crippen LogP contribution in [0.15, 0.2) is 0 Å². The van der Waals surface area contributed by atoms with Crippen LogP contribution in [-0.2, 0) is 4.79 Å². The number of carbonyl (C=O) groups excluding carboxylic acids is 1. The first-order valence-electron chi connectivity index (χ1n) is 4.67. The standard InChI is InChI=1S/C10H18N2O/c1-3-6-9(4-2)12-10(13)7-5-8-11/h1,9H,4-8,11H2,2H3,(H,12,13). The predicted molar refractivity (Wildman–Crippen MR) is 54.0 cm³/mol. The highest BCUT2D eigenvalue weighted by Crippen LogP contribution is 1.97. The molecule has 3 heteroatoms. The lowest BCUT2D eigenvalue weighted by Gasteiger charge is -2.13. The number of nitrogens with two attached hydrogens (primary N) is 1. The molecule has 0 aromatic rings. The third-order valence-corrected chi connectivity index (χ3v) is 1.83. The highest BCUT2D eigenvalue weighted by Gasteiger charge is 2.07. The summed E-state index contributed by atoms with van der Waals surface area (Å²) in [5.74, 6) is 2.59. The molecule has 1 atom stereocenters. The van der Waals surface area contributed by atoms with Gasteiger partial charge in [-0.05, 0) is 19.4 Å². The van der Waals surface area contributed by atoms with Crippen LogP contribution in [0.1, 0.15) is 32.6 Å². The second kappa shape index (κ2) is 7.63. The molecule has 0 fully saturated rings. The molecule has 74 valence electrons. The van der Waals surface area contributed by atoms with Crippen LogP contribution >= 0.6 is 0 Å². The number of amides is 1. The maximum Gasteiger partial charge on any atom is 0.220 e. The molecule has 0 bridgehead atoms. The third-order valence-electron chi connectivity index (χ3n) is 1.83. The molecular weight excluding hydrogens is 164 g/mol. The molecule has 0 saturated heterocycles. The van der Waals surface area contributed by atoms with E-state index >= 15 is 0 Å². The van der Waals surface area contributed by atoms with E-state index in [4.69, 9.17) is 12.2 Å². The third kappa shape index (κ3) is 6.18. The van der Waals surface area contributed by atoms with Crippen molar-refractivity contribution in [1.82, 2.24) is 5.32 Å². The van der Waals surface area contributed by atoms with Crippen molar-refractivity contribution in [2.45, 2.75) is 38.6 Å². The van der Waals surface area contributed by atoms with E-state index in [2.05, 4.69) is 11.2 Å². The fourth-order valence-electron chi connectivity index (χ4n) is 1.00. The Balaban J connectivity index is 3.67. The van der Waals surface area contributed by atoms with Crippen LogP contribution < -0.4 is 11.1 Å². The summed E-state index contributed by atoms with van der Waals surface area (Å²) in [5, 5.41) is 2.87. The average Bonchev–Trinajstić information content (AvgIpc) is 2.14. The average molecular weight is 182 g/mol. The molecule has 0 saturated carbocycles. The quantitative estimate of drug-likeness (QED) is 0.592. The van der Waals surface area contributed by atoms with Gasteiger partial charge in [0, 0.05) is 18.9 Å². The molecule has 0 heterocycles. The van der Waals surface area contributed by atoms with Gasteiger partial charge in [-0.25, -0.2) is 0 Å². The molecule has 1 unspecified atom stereocenters. The number of rotatable bonds is 6. The summed E-state index contributed by atoms with van der Waals surface area (Å²) in [6.45, 7) is 2.56. The van der Waals surface area contributed by atoms with E-state index in [9.17, 15) is 4.79 Å². The molecule has 0 aliphatic heterocycles. The summed E-state index contributed by atoms with van der Waals surface area (Å²) in [4.78, 5) is 11.2. The minimum absolute atomic E-state index is 0.0487. The maximum absolute atomic E-state index is 11.2. The zero-order valence-electron chi connectivity index (χ0n) is 8.18. The first kappa shape index (κ1) is 12.0. The van der Waals surface area contributed by atoms with Gasteiger partial charge in [-0.2, -0.15) is 0 Å². The second-order valence-electron chi connectivity index (χ2n) is 2.97. The van der Waals surface area contributed by atoms with Crippen LogP contribution in [0.4, 0.5) is 0 Å². The van der Waals surface area contributed by atoms with E-state index in [1.54, 1.807) is 0 Å². The van der Waals surface area contributed by atoms with Crippen molar-refractivity contribution in [2.75, 3.05) is 6.54 Å². The van der Waals surface area contributed by atoms with Crippen molar-refractivity contribution in [3.05, 3.63) is 0 Å². The molecule has 0 aromatic carbocycles. The minimum Gasteiger partial charge on any atom is -0.352 e. The van der Waals surface area contributed by atoms with Crippen molar-refractivity contribution in [2.24, 2.45) is 5.73 Å². The number of hydrogen-bond acceptors (Lipinski definition) is 2. The zero-order valence-corrected chi connectivity index (χ0v) is 8.18. The Hall–Kier alpha value is -1.01. The molecule has 0 aromatic heterocycles. The topological polar surface area (TPSA) is 55.1 Å². The van der Waals surface area contributed by atoms with Gasteiger partial charge in [0.1, 0.15) is 0 Å². The zero-order chi connectivity index (χ0) is 10.1. The second-order valence-corrected chi connectivity index (χ2v) is 2.97. The lowest BCUT2D eigenvalue weighted by Crippen LogP contribution is -2.34. The normalized spacial score (nSPS) is 11.8. The van der Waals surface area contributed by atoms with Crippen LogP contribution in [-0.4, -0.2) is 18.5 Å². The fourth-order valence-corrected chi connectivity index (χ4v) is 1.00. The summed E-state index contributed by atoms with van der Waals surface area (Å²) >= 11 is 0. The Morgan fingerprint density at radius 2 is 2.38 bits per heavy atom. The van der Waals surface area contributed by atoms with E-state index in [0.29, 0.717) is 19.4 Å². The minimum atomic E-state index is 0.0487. The summed E-state index contributed by atoms with van der Waals surface area (Å²) in [6.07, 6.45) is 7.87. The van der Waals surface area contributed by atoms with Gasteiger partial charge >= 0.3 is 0 Å². The molecule has 3 nitrogen and oxygen atoms in total. The molecule has 0 aliphatic rings. The highest BCUT2D eigenvalue weighted by molar-refractivity contribution is 5.76. The van der Waals surface area contributed by atoms with Gasteiger partial charge < -0.3 is 11.1 Å². The fraction of sp³-hybridized carbons (Fsp3) is 0.700. The highest BCUT2D eigenvalue weighted by atomic mass is 16.1. The molecule has 0 spiro atoms. The summed E-state index contributed by atoms with van der Waals surface area (Å²) in [7, 11) is 0. The van der Waals surface area contributed by atoms with E-state index in [1.807, 2.05) is 6.92 Å². The lowest BCUT2D eigenvalue weighted by atomic mass is 10.1. The molecule has 0 aliphatic carbocycles. The van der Waals surface area contributed by atoms with Crippen LogP contribution in [0, 0.1) is 12.3 Å². The number of carbonyl (C=O) groups is 1. The Morgan fingerprint density at radius 3 is 2.85 bits per heavy atom. The van der Waals surface area contributed by atoms with E-state index < -0.39 is 0 Å². The molecule has 3 N–H and O–H groups in total. The first-order valence-corrected chi connectivity index (χ1v) is 4.67. The van der Waals surface area contributed by atoms with Gasteiger partial charge in [-0.3, -0.25) is 4.79 Å². The Morgan fingerprint density at radius 1 is 1.69 bits per heavy atom. The van der Waals surface area contributed by atoms with Gasteiger partial charge in [0.05, 0.1) is 0 Å². The maximum atomic E-state index is 11.2. The largest absolute Gasteiger partial charge is 0.352 e. The molecule has 0 radical (unpaired) electrons. The van der Waals surface area contributed by atoms with E-state index in [0.717, 1.165) is 12.8 Å². The Labute approximate surface area is 80.1 Å². The van der Waals surface area contributed by atoms with Crippen molar-refractivity contribution >= 4 is 5.91 Å². The van der Waals surface area contributed by atoms with E-state index in [1.165, 1.54) is 0 Å². The smallest absolute Gasteiger partial charge is 0.220 e. The Kier molecular flexibility index (Phi) is 7.04. The molecule has 13 heavy (non-hydrogen) atoms. The van der Waals surface area contributed by atoms with Crippen LogP contribution in [0.3, 0.4) is 0 Å². The van der Waals surface area contributed by atoms with Gasteiger partial charge in [-0.1, -0.05) is 6.92 Å². The van der Waals surface area contributed by atoms with Crippen molar-refractivity contribution < 1.29 is 4.79 Å². The van der Waals surface area contributed by atoms with Crippen molar-refractivity contribution in [1.29, 1.82) is 0 Å². The SMILES string of the molecule is C#CCC(CC)NC(=O)CCCN. The number of hydrogen-bond donors (Lipinski definition) is 2. The van der Waals surface area contributed by atoms with Crippen molar-refractivity contribution in [3.63, 3.8) is 0 Å².